The van der Waals surface area contributed by atoms with Crippen LogP contribution in [0, 0.1) is 0 Å². The smallest absolute Gasteiger partial charge is 0.100 e. The van der Waals surface area contributed by atoms with Crippen molar-refractivity contribution in [3.8, 4) is 0 Å². The highest BCUT2D eigenvalue weighted by molar-refractivity contribution is 5.21. The van der Waals surface area contributed by atoms with Gasteiger partial charge in [-0.15, -0.1) is 13.2 Å². The van der Waals surface area contributed by atoms with Crippen molar-refractivity contribution in [3.05, 3.63) is 97.1 Å². The second-order valence-corrected chi connectivity index (χ2v) is 8.41. The van der Waals surface area contributed by atoms with Crippen LogP contribution in [-0.2, 0) is 9.47 Å². The molecule has 174 valence electrons. The largest absolute Gasteiger partial charge is 0.369 e. The van der Waals surface area contributed by atoms with Gasteiger partial charge in [-0.25, -0.2) is 0 Å². The van der Waals surface area contributed by atoms with E-state index in [0.29, 0.717) is 0 Å². The molecular weight excluding hydrogens is 392 g/mol. The predicted octanol–water partition coefficient (Wildman–Crippen LogP) is 8.78. The van der Waals surface area contributed by atoms with Gasteiger partial charge in [0, 0.05) is 13.2 Å². The van der Waals surface area contributed by atoms with Crippen LogP contribution in [0.4, 0.5) is 0 Å². The Balaban J connectivity index is 1.36. The first-order chi connectivity index (χ1) is 15.8. The Kier molecular flexibility index (Phi) is 14.2. The molecule has 0 saturated heterocycles. The zero-order valence-electron chi connectivity index (χ0n) is 19.8. The Morgan fingerprint density at radius 2 is 0.812 bits per heavy atom. The second-order valence-electron chi connectivity index (χ2n) is 8.41. The highest BCUT2D eigenvalue weighted by Crippen LogP contribution is 2.20. The molecule has 0 spiro atoms. The van der Waals surface area contributed by atoms with E-state index in [1.165, 1.54) is 62.5 Å². The molecule has 0 N–H and O–H groups in total. The summed E-state index contributed by atoms with van der Waals surface area (Å²) in [6, 6.07) is 20.7. The first-order valence-electron chi connectivity index (χ1n) is 12.4. The van der Waals surface area contributed by atoms with Gasteiger partial charge in [-0.05, 0) is 24.0 Å². The van der Waals surface area contributed by atoms with Crippen LogP contribution in [0.15, 0.2) is 86.0 Å². The van der Waals surface area contributed by atoms with Crippen LogP contribution in [0.1, 0.15) is 87.5 Å². The lowest BCUT2D eigenvalue weighted by Gasteiger charge is -2.14. The third-order valence-corrected chi connectivity index (χ3v) is 5.82. The average molecular weight is 435 g/mol. The molecule has 2 nitrogen and oxygen atoms in total. The van der Waals surface area contributed by atoms with E-state index in [2.05, 4.69) is 37.4 Å². The number of hydrogen-bond donors (Lipinski definition) is 0. The molecule has 0 fully saturated rings. The highest BCUT2D eigenvalue weighted by atomic mass is 16.5. The topological polar surface area (TPSA) is 18.5 Å². The van der Waals surface area contributed by atoms with Gasteiger partial charge in [0.2, 0.25) is 0 Å². The minimum Gasteiger partial charge on any atom is -0.369 e. The summed E-state index contributed by atoms with van der Waals surface area (Å²) in [6.45, 7) is 9.43. The first kappa shape index (κ1) is 26.1. The van der Waals surface area contributed by atoms with Crippen molar-refractivity contribution in [2.45, 2.75) is 76.4 Å². The van der Waals surface area contributed by atoms with E-state index >= 15 is 0 Å². The summed E-state index contributed by atoms with van der Waals surface area (Å²) in [5.74, 6) is 0. The molecule has 2 aromatic rings. The molecule has 2 rings (SSSR count). The lowest BCUT2D eigenvalue weighted by Crippen LogP contribution is -2.02. The Morgan fingerprint density at radius 1 is 0.500 bits per heavy atom. The maximum Gasteiger partial charge on any atom is 0.100 e. The van der Waals surface area contributed by atoms with Crippen LogP contribution in [0.5, 0.6) is 0 Å². The third-order valence-electron chi connectivity index (χ3n) is 5.82. The van der Waals surface area contributed by atoms with Crippen LogP contribution < -0.4 is 0 Å². The summed E-state index contributed by atoms with van der Waals surface area (Å²) in [7, 11) is 0. The fraction of sp³-hybridized carbons (Fsp3) is 0.467. The molecule has 0 aromatic heterocycles. The summed E-state index contributed by atoms with van der Waals surface area (Å²) < 4.78 is 12.0. The van der Waals surface area contributed by atoms with Gasteiger partial charge in [0.1, 0.15) is 12.2 Å². The van der Waals surface area contributed by atoms with E-state index in [-0.39, 0.29) is 12.2 Å². The molecule has 2 atom stereocenters. The van der Waals surface area contributed by atoms with E-state index in [4.69, 9.17) is 9.47 Å². The third kappa shape index (κ3) is 10.9. The number of hydrogen-bond acceptors (Lipinski definition) is 2. The van der Waals surface area contributed by atoms with Gasteiger partial charge in [0.05, 0.1) is 0 Å². The Labute approximate surface area is 196 Å². The maximum atomic E-state index is 5.98. The van der Waals surface area contributed by atoms with Gasteiger partial charge in [-0.2, -0.15) is 0 Å². The SMILES string of the molecule is C=CC(OCCCCCCCCCCCCOC(C=C)c1ccccc1)c1ccccc1. The molecule has 0 aliphatic carbocycles. The van der Waals surface area contributed by atoms with Crippen LogP contribution in [0.2, 0.25) is 0 Å². The van der Waals surface area contributed by atoms with E-state index in [0.717, 1.165) is 26.1 Å². The van der Waals surface area contributed by atoms with Gasteiger partial charge in [-0.3, -0.25) is 0 Å². The average Bonchev–Trinajstić information content (AvgIpc) is 2.85. The maximum absolute atomic E-state index is 5.98. The molecule has 2 unspecified atom stereocenters. The van der Waals surface area contributed by atoms with Crippen molar-refractivity contribution >= 4 is 0 Å². The van der Waals surface area contributed by atoms with Crippen molar-refractivity contribution in [2.24, 2.45) is 0 Å². The Bertz CT molecular complexity index is 647. The van der Waals surface area contributed by atoms with Crippen LogP contribution >= 0.6 is 0 Å². The summed E-state index contributed by atoms with van der Waals surface area (Å²) in [5, 5.41) is 0. The number of benzene rings is 2. The molecule has 2 aromatic carbocycles. The molecule has 0 amide bonds. The molecule has 2 heteroatoms. The Morgan fingerprint density at radius 3 is 1.12 bits per heavy atom. The van der Waals surface area contributed by atoms with Gasteiger partial charge in [0.25, 0.3) is 0 Å². The fourth-order valence-electron chi connectivity index (χ4n) is 3.93. The second kappa shape index (κ2) is 17.4. The Hall–Kier alpha value is -2.16. The minimum absolute atomic E-state index is 0.0163. The van der Waals surface area contributed by atoms with Crippen molar-refractivity contribution in [3.63, 3.8) is 0 Å². The van der Waals surface area contributed by atoms with E-state index in [1.807, 2.05) is 48.6 Å². The quantitative estimate of drug-likeness (QED) is 0.162. The lowest BCUT2D eigenvalue weighted by atomic mass is 10.1. The monoisotopic (exact) mass is 434 g/mol. The van der Waals surface area contributed by atoms with Gasteiger partial charge in [0.15, 0.2) is 0 Å². The van der Waals surface area contributed by atoms with Crippen LogP contribution in [0.3, 0.4) is 0 Å². The van der Waals surface area contributed by atoms with Crippen molar-refractivity contribution in [2.75, 3.05) is 13.2 Å². The zero-order chi connectivity index (χ0) is 22.7. The summed E-state index contributed by atoms with van der Waals surface area (Å²) in [5.41, 5.74) is 2.37. The highest BCUT2D eigenvalue weighted by Gasteiger charge is 2.07. The predicted molar refractivity (Wildman–Crippen MR) is 137 cm³/mol. The van der Waals surface area contributed by atoms with Crippen molar-refractivity contribution in [1.82, 2.24) is 0 Å². The van der Waals surface area contributed by atoms with E-state index in [1.54, 1.807) is 0 Å². The van der Waals surface area contributed by atoms with Gasteiger partial charge < -0.3 is 9.47 Å². The summed E-state index contributed by atoms with van der Waals surface area (Å²) >= 11 is 0. The molecular formula is C30H42O2. The van der Waals surface area contributed by atoms with Crippen LogP contribution in [-0.4, -0.2) is 13.2 Å². The minimum atomic E-state index is 0.0163. The molecule has 0 bridgehead atoms. The molecule has 0 aliphatic heterocycles. The van der Waals surface area contributed by atoms with Gasteiger partial charge >= 0.3 is 0 Å². The molecule has 0 saturated carbocycles. The molecule has 0 heterocycles. The lowest BCUT2D eigenvalue weighted by molar-refractivity contribution is 0.0818. The number of unbranched alkanes of at least 4 members (excludes halogenated alkanes) is 9. The van der Waals surface area contributed by atoms with Crippen molar-refractivity contribution < 1.29 is 9.47 Å². The standard InChI is InChI=1S/C30H42O2/c1-3-29(27-21-15-13-16-22-27)31-25-19-11-9-7-5-6-8-10-12-20-26-32-30(4-2)28-23-17-14-18-24-28/h3-4,13-18,21-24,29-30H,1-2,5-12,19-20,25-26H2. The first-order valence-corrected chi connectivity index (χ1v) is 12.4. The number of ether oxygens (including phenoxy) is 2. The number of rotatable bonds is 19. The van der Waals surface area contributed by atoms with Crippen molar-refractivity contribution in [1.29, 1.82) is 0 Å². The van der Waals surface area contributed by atoms with E-state index < -0.39 is 0 Å². The fourth-order valence-corrected chi connectivity index (χ4v) is 3.93. The summed E-state index contributed by atoms with van der Waals surface area (Å²) in [6.07, 6.45) is 16.6. The summed E-state index contributed by atoms with van der Waals surface area (Å²) in [4.78, 5) is 0. The van der Waals surface area contributed by atoms with Gasteiger partial charge in [-0.1, -0.05) is 124 Å². The molecule has 32 heavy (non-hydrogen) atoms. The zero-order valence-corrected chi connectivity index (χ0v) is 19.8. The van der Waals surface area contributed by atoms with Crippen LogP contribution in [0.25, 0.3) is 0 Å². The molecule has 0 radical (unpaired) electrons. The molecule has 0 aliphatic rings. The normalized spacial score (nSPS) is 12.9. The van der Waals surface area contributed by atoms with E-state index in [9.17, 15) is 0 Å².